The Labute approximate surface area is 254 Å². The standard InChI is InChI=1S/C33H33FN4O5S/c1-19-9-11-20(12-10-19)31-30(32(39)35-2)24-15-22(27(17-29(24)43-31)37(4)44(5,41)42)21-13-14-38(18-21)33(40)28-16-23-25(34)7-6-8-26(23)36(28)3/h6-12,15-17,21H,13-14,18H2,1-5H3,(H,35,39)/t21-/m0/s1. The molecule has 2 amide bonds. The lowest BCUT2D eigenvalue weighted by Gasteiger charge is -2.24. The summed E-state index contributed by atoms with van der Waals surface area (Å²) in [5, 5.41) is 3.63. The fraction of sp³-hybridized carbons (Fsp3) is 0.273. The van der Waals surface area contributed by atoms with Gasteiger partial charge in [-0.25, -0.2) is 12.8 Å². The molecule has 1 aliphatic heterocycles. The summed E-state index contributed by atoms with van der Waals surface area (Å²) in [6.45, 7) is 2.71. The molecule has 2 aromatic heterocycles. The molecule has 6 rings (SSSR count). The number of hydrogen-bond donors (Lipinski definition) is 1. The fourth-order valence-electron chi connectivity index (χ4n) is 6.08. The molecule has 1 saturated heterocycles. The Morgan fingerprint density at radius 3 is 2.45 bits per heavy atom. The lowest BCUT2D eigenvalue weighted by atomic mass is 9.93. The van der Waals surface area contributed by atoms with Crippen LogP contribution in [0.15, 0.2) is 65.1 Å². The molecule has 9 nitrogen and oxygen atoms in total. The summed E-state index contributed by atoms with van der Waals surface area (Å²) in [6.07, 6.45) is 1.69. The van der Waals surface area contributed by atoms with Crippen molar-refractivity contribution < 1.29 is 26.8 Å². The molecule has 1 aliphatic rings. The van der Waals surface area contributed by atoms with Gasteiger partial charge in [-0.2, -0.15) is 0 Å². The highest BCUT2D eigenvalue weighted by molar-refractivity contribution is 7.92. The van der Waals surface area contributed by atoms with E-state index in [0.29, 0.717) is 75.2 Å². The summed E-state index contributed by atoms with van der Waals surface area (Å²) in [5.41, 5.74) is 4.59. The van der Waals surface area contributed by atoms with Gasteiger partial charge in [-0.1, -0.05) is 35.9 Å². The number of anilines is 1. The van der Waals surface area contributed by atoms with Gasteiger partial charge < -0.3 is 19.2 Å². The van der Waals surface area contributed by atoms with Crippen LogP contribution in [-0.4, -0.2) is 63.1 Å². The van der Waals surface area contributed by atoms with Crippen molar-refractivity contribution in [3.8, 4) is 11.3 Å². The number of hydrogen-bond acceptors (Lipinski definition) is 5. The average Bonchev–Trinajstić information content (AvgIpc) is 3.72. The minimum absolute atomic E-state index is 0.232. The highest BCUT2D eigenvalue weighted by atomic mass is 32.2. The molecule has 1 atom stereocenters. The number of carbonyl (C=O) groups is 2. The third-order valence-electron chi connectivity index (χ3n) is 8.61. The van der Waals surface area contributed by atoms with E-state index in [1.165, 1.54) is 17.4 Å². The number of halogens is 1. The molecule has 228 valence electrons. The molecule has 5 aromatic rings. The fourth-order valence-corrected chi connectivity index (χ4v) is 6.59. The smallest absolute Gasteiger partial charge is 0.270 e. The second-order valence-electron chi connectivity index (χ2n) is 11.4. The van der Waals surface area contributed by atoms with Crippen LogP contribution in [0.3, 0.4) is 0 Å². The first kappa shape index (κ1) is 29.4. The number of amides is 2. The molecule has 0 aliphatic carbocycles. The van der Waals surface area contributed by atoms with Gasteiger partial charge >= 0.3 is 0 Å². The van der Waals surface area contributed by atoms with Gasteiger partial charge in [0.05, 0.1) is 23.0 Å². The van der Waals surface area contributed by atoms with Crippen molar-refractivity contribution in [2.75, 3.05) is 37.7 Å². The Balaban J connectivity index is 1.45. The number of likely N-dealkylation sites (tertiary alicyclic amines) is 1. The molecule has 1 N–H and O–H groups in total. The highest BCUT2D eigenvalue weighted by Gasteiger charge is 2.34. The second-order valence-corrected chi connectivity index (χ2v) is 13.4. The highest BCUT2D eigenvalue weighted by Crippen LogP contribution is 2.42. The van der Waals surface area contributed by atoms with Crippen LogP contribution in [0.5, 0.6) is 0 Å². The quantitative estimate of drug-likeness (QED) is 0.274. The van der Waals surface area contributed by atoms with Crippen LogP contribution in [0.1, 0.15) is 44.3 Å². The third kappa shape index (κ3) is 4.90. The molecule has 0 unspecified atom stereocenters. The largest absolute Gasteiger partial charge is 0.455 e. The van der Waals surface area contributed by atoms with Crippen LogP contribution in [0.2, 0.25) is 0 Å². The third-order valence-corrected chi connectivity index (χ3v) is 9.80. The van der Waals surface area contributed by atoms with Crippen molar-refractivity contribution in [2.24, 2.45) is 7.05 Å². The SMILES string of the molecule is CNC(=O)c1c(-c2ccc(C)cc2)oc2cc(N(C)S(C)(=O)=O)c([C@H]3CCN(C(=O)c4cc5c(F)cccc5n4C)C3)cc12. The number of benzene rings is 3. The Morgan fingerprint density at radius 2 is 1.80 bits per heavy atom. The Hall–Kier alpha value is -4.64. The maximum atomic E-state index is 14.5. The number of aromatic nitrogens is 1. The van der Waals surface area contributed by atoms with E-state index >= 15 is 0 Å². The lowest BCUT2D eigenvalue weighted by molar-refractivity contribution is 0.0781. The number of rotatable bonds is 6. The van der Waals surface area contributed by atoms with Crippen molar-refractivity contribution in [3.05, 3.63) is 88.9 Å². The van der Waals surface area contributed by atoms with Gasteiger partial charge in [0.1, 0.15) is 22.9 Å². The van der Waals surface area contributed by atoms with Gasteiger partial charge in [0.25, 0.3) is 11.8 Å². The molecule has 3 aromatic carbocycles. The number of carbonyl (C=O) groups excluding carboxylic acids is 2. The minimum atomic E-state index is -3.66. The van der Waals surface area contributed by atoms with Gasteiger partial charge in [0.2, 0.25) is 10.0 Å². The first-order valence-corrected chi connectivity index (χ1v) is 16.1. The van der Waals surface area contributed by atoms with Crippen molar-refractivity contribution >= 4 is 49.4 Å². The zero-order valence-electron chi connectivity index (χ0n) is 25.1. The summed E-state index contributed by atoms with van der Waals surface area (Å²) < 4.78 is 49.1. The molecule has 11 heteroatoms. The van der Waals surface area contributed by atoms with Crippen LogP contribution in [0.25, 0.3) is 33.2 Å². The Morgan fingerprint density at radius 1 is 1.07 bits per heavy atom. The van der Waals surface area contributed by atoms with Gasteiger partial charge in [0.15, 0.2) is 0 Å². The van der Waals surface area contributed by atoms with E-state index in [4.69, 9.17) is 4.42 Å². The Bertz CT molecular complexity index is 2060. The summed E-state index contributed by atoms with van der Waals surface area (Å²) in [5.74, 6) is -0.809. The summed E-state index contributed by atoms with van der Waals surface area (Å²) in [7, 11) is 1.10. The number of nitrogens with one attached hydrogen (secondary N) is 1. The van der Waals surface area contributed by atoms with Crippen LogP contribution in [0.4, 0.5) is 10.1 Å². The van der Waals surface area contributed by atoms with Crippen LogP contribution in [0, 0.1) is 12.7 Å². The number of aryl methyl sites for hydroxylation is 2. The lowest BCUT2D eigenvalue weighted by Crippen LogP contribution is -2.30. The zero-order chi connectivity index (χ0) is 31.5. The molecule has 0 bridgehead atoms. The molecule has 1 fully saturated rings. The zero-order valence-corrected chi connectivity index (χ0v) is 26.0. The van der Waals surface area contributed by atoms with Crippen molar-refractivity contribution in [2.45, 2.75) is 19.3 Å². The van der Waals surface area contributed by atoms with E-state index in [1.807, 2.05) is 37.3 Å². The molecule has 44 heavy (non-hydrogen) atoms. The van der Waals surface area contributed by atoms with E-state index in [0.717, 1.165) is 11.8 Å². The van der Waals surface area contributed by atoms with Gasteiger partial charge in [-0.15, -0.1) is 0 Å². The molecule has 3 heterocycles. The first-order valence-electron chi connectivity index (χ1n) is 14.3. The first-order chi connectivity index (χ1) is 20.9. The van der Waals surface area contributed by atoms with Crippen molar-refractivity contribution in [3.63, 3.8) is 0 Å². The Kier molecular flexibility index (Phi) is 7.23. The molecule has 0 saturated carbocycles. The molecular formula is C33H33FN4O5S. The molecule has 0 spiro atoms. The van der Waals surface area contributed by atoms with E-state index in [-0.39, 0.29) is 17.7 Å². The number of sulfonamides is 1. The second kappa shape index (κ2) is 10.8. The average molecular weight is 617 g/mol. The predicted octanol–water partition coefficient (Wildman–Crippen LogP) is 5.42. The molecular weight excluding hydrogens is 583 g/mol. The summed E-state index contributed by atoms with van der Waals surface area (Å²) >= 11 is 0. The van der Waals surface area contributed by atoms with Crippen LogP contribution < -0.4 is 9.62 Å². The van der Waals surface area contributed by atoms with Gasteiger partial charge in [-0.3, -0.25) is 13.9 Å². The van der Waals surface area contributed by atoms with E-state index in [1.54, 1.807) is 47.8 Å². The van der Waals surface area contributed by atoms with Gasteiger partial charge in [0, 0.05) is 62.6 Å². The molecule has 0 radical (unpaired) electrons. The summed E-state index contributed by atoms with van der Waals surface area (Å²) in [6, 6.07) is 17.4. The minimum Gasteiger partial charge on any atom is -0.455 e. The van der Waals surface area contributed by atoms with E-state index < -0.39 is 15.8 Å². The number of fused-ring (bicyclic) bond motifs is 2. The number of furan rings is 1. The maximum absolute atomic E-state index is 14.5. The predicted molar refractivity (Wildman–Crippen MR) is 169 cm³/mol. The monoisotopic (exact) mass is 616 g/mol. The normalized spacial score (nSPS) is 15.3. The van der Waals surface area contributed by atoms with E-state index in [2.05, 4.69) is 5.32 Å². The van der Waals surface area contributed by atoms with Crippen LogP contribution in [-0.2, 0) is 17.1 Å². The van der Waals surface area contributed by atoms with Crippen molar-refractivity contribution in [1.29, 1.82) is 0 Å². The van der Waals surface area contributed by atoms with Crippen molar-refractivity contribution in [1.82, 2.24) is 14.8 Å². The number of nitrogens with zero attached hydrogens (tertiary/aromatic N) is 3. The van der Waals surface area contributed by atoms with E-state index in [9.17, 15) is 22.4 Å². The van der Waals surface area contributed by atoms with Gasteiger partial charge in [-0.05, 0) is 43.2 Å². The summed E-state index contributed by atoms with van der Waals surface area (Å²) in [4.78, 5) is 28.6. The van der Waals surface area contributed by atoms with Crippen LogP contribution >= 0.6 is 0 Å². The maximum Gasteiger partial charge on any atom is 0.270 e. The topological polar surface area (TPSA) is 105 Å².